The highest BCUT2D eigenvalue weighted by Gasteiger charge is 2.10. The molecule has 1 atom stereocenters. The molecule has 0 radical (unpaired) electrons. The summed E-state index contributed by atoms with van der Waals surface area (Å²) < 4.78 is 1.00. The van der Waals surface area contributed by atoms with Crippen LogP contribution in [0, 0.1) is 6.92 Å². The standard InChI is InChI=1S/C17H20BrNO/c1-13-6-3-4-9-16(13)19(2)11-10-17(20)14-7-5-8-15(18)12-14/h3-9,12,17,20H,10-11H2,1-2H3. The van der Waals surface area contributed by atoms with Gasteiger partial charge in [0.2, 0.25) is 0 Å². The zero-order valence-electron chi connectivity index (χ0n) is 11.9. The lowest BCUT2D eigenvalue weighted by molar-refractivity contribution is 0.169. The van der Waals surface area contributed by atoms with Crippen molar-refractivity contribution >= 4 is 21.6 Å². The third kappa shape index (κ3) is 3.84. The summed E-state index contributed by atoms with van der Waals surface area (Å²) in [5.41, 5.74) is 3.43. The Kier molecular flexibility index (Phi) is 5.21. The molecule has 2 rings (SSSR count). The van der Waals surface area contributed by atoms with Gasteiger partial charge in [0.25, 0.3) is 0 Å². The van der Waals surface area contributed by atoms with Gasteiger partial charge in [-0.2, -0.15) is 0 Å². The first-order valence-corrected chi connectivity index (χ1v) is 7.57. The number of halogens is 1. The summed E-state index contributed by atoms with van der Waals surface area (Å²) in [7, 11) is 2.07. The molecule has 1 N–H and O–H groups in total. The quantitative estimate of drug-likeness (QED) is 0.880. The molecule has 2 nitrogen and oxygen atoms in total. The molecule has 0 amide bonds. The minimum Gasteiger partial charge on any atom is -0.388 e. The van der Waals surface area contributed by atoms with Crippen molar-refractivity contribution in [2.24, 2.45) is 0 Å². The van der Waals surface area contributed by atoms with Crippen LogP contribution >= 0.6 is 15.9 Å². The van der Waals surface area contributed by atoms with Gasteiger partial charge in [-0.05, 0) is 42.7 Å². The smallest absolute Gasteiger partial charge is 0.0807 e. The second-order valence-electron chi connectivity index (χ2n) is 5.07. The molecule has 0 aliphatic heterocycles. The summed E-state index contributed by atoms with van der Waals surface area (Å²) in [5, 5.41) is 10.3. The van der Waals surface area contributed by atoms with Gasteiger partial charge < -0.3 is 10.0 Å². The molecule has 0 aromatic heterocycles. The number of nitrogens with zero attached hydrogens (tertiary/aromatic N) is 1. The lowest BCUT2D eigenvalue weighted by Gasteiger charge is -2.23. The highest BCUT2D eigenvalue weighted by molar-refractivity contribution is 9.10. The average Bonchev–Trinajstić information content (AvgIpc) is 2.45. The van der Waals surface area contributed by atoms with Gasteiger partial charge in [-0.3, -0.25) is 0 Å². The van der Waals surface area contributed by atoms with Crippen molar-refractivity contribution in [3.63, 3.8) is 0 Å². The van der Waals surface area contributed by atoms with Gasteiger partial charge in [-0.25, -0.2) is 0 Å². The average molecular weight is 334 g/mol. The van der Waals surface area contributed by atoms with Gasteiger partial charge in [-0.15, -0.1) is 0 Å². The van der Waals surface area contributed by atoms with Crippen LogP contribution in [0.1, 0.15) is 23.7 Å². The molecule has 3 heteroatoms. The van der Waals surface area contributed by atoms with E-state index in [0.29, 0.717) is 6.42 Å². The zero-order valence-corrected chi connectivity index (χ0v) is 13.5. The Labute approximate surface area is 129 Å². The van der Waals surface area contributed by atoms with Gasteiger partial charge in [0, 0.05) is 23.8 Å². The van der Waals surface area contributed by atoms with Crippen molar-refractivity contribution in [1.29, 1.82) is 0 Å². The van der Waals surface area contributed by atoms with Crippen molar-refractivity contribution in [2.45, 2.75) is 19.4 Å². The maximum atomic E-state index is 10.3. The maximum Gasteiger partial charge on any atom is 0.0807 e. The first kappa shape index (κ1) is 15.1. The van der Waals surface area contributed by atoms with Crippen molar-refractivity contribution in [2.75, 3.05) is 18.5 Å². The third-order valence-electron chi connectivity index (χ3n) is 3.50. The SMILES string of the molecule is Cc1ccccc1N(C)CCC(O)c1cccc(Br)c1. The van der Waals surface area contributed by atoms with E-state index < -0.39 is 6.10 Å². The molecule has 0 bridgehead atoms. The van der Waals surface area contributed by atoms with Crippen LogP contribution < -0.4 is 4.90 Å². The molecule has 0 heterocycles. The fourth-order valence-corrected chi connectivity index (χ4v) is 2.73. The summed E-state index contributed by atoms with van der Waals surface area (Å²) in [6, 6.07) is 16.2. The topological polar surface area (TPSA) is 23.5 Å². The van der Waals surface area contributed by atoms with Crippen LogP contribution in [0.3, 0.4) is 0 Å². The predicted octanol–water partition coefficient (Wildman–Crippen LogP) is 4.32. The van der Waals surface area contributed by atoms with Gasteiger partial charge in [0.05, 0.1) is 6.10 Å². The molecule has 0 saturated heterocycles. The summed E-state index contributed by atoms with van der Waals surface area (Å²) in [6.45, 7) is 2.93. The Bertz CT molecular complexity index is 570. The lowest BCUT2D eigenvalue weighted by atomic mass is 10.1. The molecule has 0 saturated carbocycles. The monoisotopic (exact) mass is 333 g/mol. The molecule has 106 valence electrons. The lowest BCUT2D eigenvalue weighted by Crippen LogP contribution is -2.21. The largest absolute Gasteiger partial charge is 0.388 e. The Hall–Kier alpha value is -1.32. The van der Waals surface area contributed by atoms with Crippen molar-refractivity contribution in [3.8, 4) is 0 Å². The molecule has 20 heavy (non-hydrogen) atoms. The Morgan fingerprint density at radius 3 is 2.60 bits per heavy atom. The number of aliphatic hydroxyl groups is 1. The van der Waals surface area contributed by atoms with Gasteiger partial charge in [0.15, 0.2) is 0 Å². The van der Waals surface area contributed by atoms with E-state index in [2.05, 4.69) is 46.9 Å². The van der Waals surface area contributed by atoms with Gasteiger partial charge in [0.1, 0.15) is 0 Å². The van der Waals surface area contributed by atoms with E-state index in [0.717, 1.165) is 16.6 Å². The summed E-state index contributed by atoms with van der Waals surface area (Å²) in [5.74, 6) is 0. The minimum absolute atomic E-state index is 0.432. The summed E-state index contributed by atoms with van der Waals surface area (Å²) in [6.07, 6.45) is 0.278. The molecule has 0 spiro atoms. The number of hydrogen-bond donors (Lipinski definition) is 1. The molecule has 2 aromatic carbocycles. The van der Waals surface area contributed by atoms with Crippen LogP contribution in [0.2, 0.25) is 0 Å². The highest BCUT2D eigenvalue weighted by atomic mass is 79.9. The Balaban J connectivity index is 1.97. The van der Waals surface area contributed by atoms with E-state index in [1.165, 1.54) is 11.3 Å². The zero-order chi connectivity index (χ0) is 14.5. The maximum absolute atomic E-state index is 10.3. The molecular weight excluding hydrogens is 314 g/mol. The van der Waals surface area contributed by atoms with Gasteiger partial charge in [-0.1, -0.05) is 46.3 Å². The number of hydrogen-bond acceptors (Lipinski definition) is 2. The fourth-order valence-electron chi connectivity index (χ4n) is 2.31. The molecule has 0 aliphatic carbocycles. The van der Waals surface area contributed by atoms with Crippen LogP contribution in [0.5, 0.6) is 0 Å². The first-order chi connectivity index (χ1) is 9.58. The minimum atomic E-state index is -0.432. The van der Waals surface area contributed by atoms with E-state index >= 15 is 0 Å². The van der Waals surface area contributed by atoms with Crippen LogP contribution in [0.15, 0.2) is 53.0 Å². The van der Waals surface area contributed by atoms with Crippen molar-refractivity contribution in [3.05, 3.63) is 64.1 Å². The molecule has 0 fully saturated rings. The third-order valence-corrected chi connectivity index (χ3v) is 3.99. The number of benzene rings is 2. The van der Waals surface area contributed by atoms with E-state index in [1.807, 2.05) is 36.4 Å². The number of anilines is 1. The van der Waals surface area contributed by atoms with E-state index in [-0.39, 0.29) is 0 Å². The first-order valence-electron chi connectivity index (χ1n) is 6.78. The summed E-state index contributed by atoms with van der Waals surface area (Å²) >= 11 is 3.44. The normalized spacial score (nSPS) is 12.2. The van der Waals surface area contributed by atoms with Crippen LogP contribution in [0.4, 0.5) is 5.69 Å². The molecule has 2 aromatic rings. The number of aliphatic hydroxyl groups excluding tert-OH is 1. The molecule has 0 aliphatic rings. The van der Waals surface area contributed by atoms with E-state index in [9.17, 15) is 5.11 Å². The van der Waals surface area contributed by atoms with Crippen LogP contribution in [0.25, 0.3) is 0 Å². The number of rotatable bonds is 5. The van der Waals surface area contributed by atoms with E-state index in [4.69, 9.17) is 0 Å². The van der Waals surface area contributed by atoms with Crippen molar-refractivity contribution in [1.82, 2.24) is 0 Å². The molecule has 1 unspecified atom stereocenters. The molecular formula is C17H20BrNO. The second kappa shape index (κ2) is 6.91. The number of para-hydroxylation sites is 1. The van der Waals surface area contributed by atoms with Crippen LogP contribution in [-0.2, 0) is 0 Å². The second-order valence-corrected chi connectivity index (χ2v) is 5.98. The number of aryl methyl sites for hydroxylation is 1. The van der Waals surface area contributed by atoms with E-state index in [1.54, 1.807) is 0 Å². The van der Waals surface area contributed by atoms with Crippen LogP contribution in [-0.4, -0.2) is 18.7 Å². The Morgan fingerprint density at radius 2 is 1.90 bits per heavy atom. The Morgan fingerprint density at radius 1 is 1.15 bits per heavy atom. The fraction of sp³-hybridized carbons (Fsp3) is 0.294. The highest BCUT2D eigenvalue weighted by Crippen LogP contribution is 2.23. The van der Waals surface area contributed by atoms with Gasteiger partial charge >= 0.3 is 0 Å². The van der Waals surface area contributed by atoms with Crippen molar-refractivity contribution < 1.29 is 5.11 Å². The predicted molar refractivity (Wildman–Crippen MR) is 88.2 cm³/mol. The summed E-state index contributed by atoms with van der Waals surface area (Å²) in [4.78, 5) is 2.19.